The molecule has 0 aromatic carbocycles. The van der Waals surface area contributed by atoms with E-state index in [0.717, 1.165) is 6.42 Å². The number of amides is 1. The molecule has 88 valence electrons. The molecule has 0 unspecified atom stereocenters. The number of carbonyl (C=O) groups excluding carboxylic acids is 1. The van der Waals surface area contributed by atoms with Gasteiger partial charge in [0.2, 0.25) is 5.91 Å². The highest BCUT2D eigenvalue weighted by molar-refractivity contribution is 5.87. The first kappa shape index (κ1) is 14.2. The maximum Gasteiger partial charge on any atom is 0.244 e. The van der Waals surface area contributed by atoms with Crippen molar-refractivity contribution in [3.63, 3.8) is 0 Å². The van der Waals surface area contributed by atoms with E-state index in [9.17, 15) is 4.79 Å². The Labute approximate surface area is 93.5 Å². The third-order valence-corrected chi connectivity index (χ3v) is 2.06. The number of allylic oxidation sites excluding steroid dienone is 1. The van der Waals surface area contributed by atoms with Gasteiger partial charge in [-0.1, -0.05) is 32.3 Å². The van der Waals surface area contributed by atoms with Gasteiger partial charge in [-0.25, -0.2) is 0 Å². The molecule has 0 atom stereocenters. The van der Waals surface area contributed by atoms with Crippen LogP contribution in [0.4, 0.5) is 0 Å². The Hall–Kier alpha value is -0.830. The summed E-state index contributed by atoms with van der Waals surface area (Å²) in [5.41, 5.74) is 0. The summed E-state index contributed by atoms with van der Waals surface area (Å²) in [6.45, 7) is 2.80. The van der Waals surface area contributed by atoms with Crippen LogP contribution in [0.15, 0.2) is 12.2 Å². The lowest BCUT2D eigenvalue weighted by atomic mass is 10.1. The topological polar surface area (TPSA) is 32.3 Å². The number of nitrogens with zero attached hydrogens (tertiary/aromatic N) is 1. The first-order chi connectivity index (χ1) is 7.16. The molecular formula is C12H24N2O. The number of nitrogens with one attached hydrogen (secondary N) is 1. The van der Waals surface area contributed by atoms with Gasteiger partial charge in [-0.3, -0.25) is 9.69 Å². The fourth-order valence-electron chi connectivity index (χ4n) is 1.17. The smallest absolute Gasteiger partial charge is 0.244 e. The number of unbranched alkanes of at least 4 members (excludes halogenated alkanes) is 4. The molecule has 0 aliphatic heterocycles. The van der Waals surface area contributed by atoms with E-state index in [1.165, 1.54) is 25.7 Å². The van der Waals surface area contributed by atoms with Crippen molar-refractivity contribution in [2.45, 2.75) is 39.0 Å². The van der Waals surface area contributed by atoms with Crippen molar-refractivity contribution in [2.24, 2.45) is 0 Å². The van der Waals surface area contributed by atoms with Crippen molar-refractivity contribution in [2.75, 3.05) is 20.8 Å². The molecule has 3 nitrogen and oxygen atoms in total. The average molecular weight is 212 g/mol. The van der Waals surface area contributed by atoms with Crippen LogP contribution in [0.3, 0.4) is 0 Å². The van der Waals surface area contributed by atoms with E-state index >= 15 is 0 Å². The van der Waals surface area contributed by atoms with E-state index in [2.05, 4.69) is 12.2 Å². The Morgan fingerprint density at radius 2 is 2.00 bits per heavy atom. The van der Waals surface area contributed by atoms with Gasteiger partial charge in [0.25, 0.3) is 0 Å². The number of hydrogen-bond acceptors (Lipinski definition) is 2. The van der Waals surface area contributed by atoms with Gasteiger partial charge < -0.3 is 5.32 Å². The lowest BCUT2D eigenvalue weighted by molar-refractivity contribution is -0.117. The molecule has 0 rings (SSSR count). The molecule has 0 aromatic heterocycles. The van der Waals surface area contributed by atoms with Crippen molar-refractivity contribution >= 4 is 5.91 Å². The van der Waals surface area contributed by atoms with Gasteiger partial charge in [0, 0.05) is 0 Å². The molecule has 0 aliphatic rings. The molecule has 15 heavy (non-hydrogen) atoms. The van der Waals surface area contributed by atoms with E-state index in [-0.39, 0.29) is 5.91 Å². The quantitative estimate of drug-likeness (QED) is 0.380. The van der Waals surface area contributed by atoms with Crippen molar-refractivity contribution in [1.82, 2.24) is 10.2 Å². The molecule has 0 saturated carbocycles. The standard InChI is InChI=1S/C12H24N2O/c1-4-5-6-7-8-9-10-12(15)13-11-14(2)3/h9-10H,4-8,11H2,1-3H3,(H,13,15)/b10-9+. The lowest BCUT2D eigenvalue weighted by Gasteiger charge is -2.08. The number of carbonyl (C=O) groups is 1. The zero-order valence-electron chi connectivity index (χ0n) is 10.3. The molecule has 3 heteroatoms. The Kier molecular flexibility index (Phi) is 9.18. The normalized spacial score (nSPS) is 11.2. The van der Waals surface area contributed by atoms with Crippen LogP contribution in [0, 0.1) is 0 Å². The Balaban J connectivity index is 3.38. The van der Waals surface area contributed by atoms with E-state index in [0.29, 0.717) is 6.67 Å². The van der Waals surface area contributed by atoms with Crippen LogP contribution >= 0.6 is 0 Å². The van der Waals surface area contributed by atoms with Gasteiger partial charge in [-0.05, 0) is 33.0 Å². The first-order valence-electron chi connectivity index (χ1n) is 5.76. The lowest BCUT2D eigenvalue weighted by Crippen LogP contribution is -2.31. The van der Waals surface area contributed by atoms with Crippen molar-refractivity contribution in [1.29, 1.82) is 0 Å². The summed E-state index contributed by atoms with van der Waals surface area (Å²) >= 11 is 0. The van der Waals surface area contributed by atoms with Crippen molar-refractivity contribution < 1.29 is 4.79 Å². The summed E-state index contributed by atoms with van der Waals surface area (Å²) in [6.07, 6.45) is 9.60. The van der Waals surface area contributed by atoms with E-state index in [1.807, 2.05) is 25.1 Å². The summed E-state index contributed by atoms with van der Waals surface area (Å²) in [7, 11) is 3.85. The molecule has 0 aromatic rings. The minimum atomic E-state index is -0.000749. The summed E-state index contributed by atoms with van der Waals surface area (Å²) in [5.74, 6) is -0.000749. The molecule has 0 saturated heterocycles. The van der Waals surface area contributed by atoms with Crippen molar-refractivity contribution in [3.05, 3.63) is 12.2 Å². The minimum absolute atomic E-state index is 0.000749. The highest BCUT2D eigenvalue weighted by Crippen LogP contribution is 2.02. The van der Waals surface area contributed by atoms with Gasteiger partial charge in [0.05, 0.1) is 6.67 Å². The second kappa shape index (κ2) is 9.71. The molecule has 0 aliphatic carbocycles. The monoisotopic (exact) mass is 212 g/mol. The highest BCUT2D eigenvalue weighted by atomic mass is 16.1. The van der Waals surface area contributed by atoms with Crippen LogP contribution in [0.2, 0.25) is 0 Å². The molecule has 0 spiro atoms. The van der Waals surface area contributed by atoms with Crippen LogP contribution in [0.1, 0.15) is 39.0 Å². The fraction of sp³-hybridized carbons (Fsp3) is 0.750. The Morgan fingerprint density at radius 3 is 2.60 bits per heavy atom. The van der Waals surface area contributed by atoms with Crippen molar-refractivity contribution in [3.8, 4) is 0 Å². The second-order valence-corrected chi connectivity index (χ2v) is 4.03. The summed E-state index contributed by atoms with van der Waals surface area (Å²) in [4.78, 5) is 13.1. The summed E-state index contributed by atoms with van der Waals surface area (Å²) < 4.78 is 0. The van der Waals surface area contributed by atoms with Gasteiger partial charge in [-0.2, -0.15) is 0 Å². The maximum absolute atomic E-state index is 11.2. The molecule has 1 N–H and O–H groups in total. The molecule has 1 amide bonds. The molecule has 0 fully saturated rings. The predicted molar refractivity (Wildman–Crippen MR) is 64.6 cm³/mol. The second-order valence-electron chi connectivity index (χ2n) is 4.03. The van der Waals surface area contributed by atoms with Crippen LogP contribution in [-0.4, -0.2) is 31.6 Å². The third-order valence-electron chi connectivity index (χ3n) is 2.06. The Morgan fingerprint density at radius 1 is 1.27 bits per heavy atom. The van der Waals surface area contributed by atoms with Gasteiger partial charge in [0.1, 0.15) is 0 Å². The fourth-order valence-corrected chi connectivity index (χ4v) is 1.17. The van der Waals surface area contributed by atoms with E-state index < -0.39 is 0 Å². The average Bonchev–Trinajstić information content (AvgIpc) is 2.20. The zero-order chi connectivity index (χ0) is 11.5. The predicted octanol–water partition coefficient (Wildman–Crippen LogP) is 2.15. The van der Waals surface area contributed by atoms with Crippen LogP contribution in [0.5, 0.6) is 0 Å². The van der Waals surface area contributed by atoms with Gasteiger partial charge in [-0.15, -0.1) is 0 Å². The molecular weight excluding hydrogens is 188 g/mol. The molecule has 0 radical (unpaired) electrons. The first-order valence-corrected chi connectivity index (χ1v) is 5.76. The largest absolute Gasteiger partial charge is 0.340 e. The van der Waals surface area contributed by atoms with Crippen LogP contribution in [-0.2, 0) is 4.79 Å². The minimum Gasteiger partial charge on any atom is -0.340 e. The number of hydrogen-bond donors (Lipinski definition) is 1. The molecule has 0 bridgehead atoms. The van der Waals surface area contributed by atoms with E-state index in [4.69, 9.17) is 0 Å². The maximum atomic E-state index is 11.2. The third kappa shape index (κ3) is 11.1. The summed E-state index contributed by atoms with van der Waals surface area (Å²) in [5, 5.41) is 2.78. The summed E-state index contributed by atoms with van der Waals surface area (Å²) in [6, 6.07) is 0. The zero-order valence-corrected chi connectivity index (χ0v) is 10.3. The van der Waals surface area contributed by atoms with Gasteiger partial charge in [0.15, 0.2) is 0 Å². The Bertz CT molecular complexity index is 188. The van der Waals surface area contributed by atoms with Crippen LogP contribution in [0.25, 0.3) is 0 Å². The number of rotatable bonds is 8. The van der Waals surface area contributed by atoms with E-state index in [1.54, 1.807) is 6.08 Å². The van der Waals surface area contributed by atoms with Crippen LogP contribution < -0.4 is 5.32 Å². The highest BCUT2D eigenvalue weighted by Gasteiger charge is 1.94. The SMILES string of the molecule is CCCCCC/C=C/C(=O)NCN(C)C. The molecule has 0 heterocycles. The van der Waals surface area contributed by atoms with Gasteiger partial charge >= 0.3 is 0 Å².